The van der Waals surface area contributed by atoms with Crippen molar-refractivity contribution in [3.8, 4) is 11.5 Å². The molecule has 10 heteroatoms. The number of halogens is 1. The number of methoxy groups -OCH3 is 1. The number of amides is 1. The Labute approximate surface area is 182 Å². The minimum Gasteiger partial charge on any atom is -0.497 e. The topological polar surface area (TPSA) is 103 Å². The van der Waals surface area contributed by atoms with Crippen molar-refractivity contribution >= 4 is 23.2 Å². The number of aromatic nitrogens is 4. The molecule has 3 heterocycles. The third kappa shape index (κ3) is 3.55. The third-order valence-corrected chi connectivity index (χ3v) is 5.30. The second-order valence-corrected chi connectivity index (χ2v) is 7.16. The minimum atomic E-state index is -0.318. The first-order valence-electron chi connectivity index (χ1n) is 9.95. The highest BCUT2D eigenvalue weighted by molar-refractivity contribution is 6.06. The maximum atomic E-state index is 14.4. The number of ether oxygens (including phenoxy) is 2. The number of anilines is 2. The summed E-state index contributed by atoms with van der Waals surface area (Å²) in [6.07, 6.45) is 3.63. The number of hydrogen-bond acceptors (Lipinski definition) is 7. The average Bonchev–Trinajstić information content (AvgIpc) is 3.49. The molecule has 5 rings (SSSR count). The van der Waals surface area contributed by atoms with Gasteiger partial charge in [-0.2, -0.15) is 0 Å². The average molecular weight is 434 g/mol. The molecule has 162 valence electrons. The molecule has 0 atom stereocenters. The smallest absolute Gasteiger partial charge is 0.255 e. The van der Waals surface area contributed by atoms with Gasteiger partial charge >= 0.3 is 0 Å². The number of hydrogen-bond donors (Lipinski definition) is 2. The summed E-state index contributed by atoms with van der Waals surface area (Å²) in [5, 5.41) is 13.9. The highest BCUT2D eigenvalue weighted by Gasteiger charge is 2.20. The summed E-state index contributed by atoms with van der Waals surface area (Å²) in [6.45, 7) is 0.762. The Morgan fingerprint density at radius 1 is 1.25 bits per heavy atom. The zero-order valence-corrected chi connectivity index (χ0v) is 17.1. The molecule has 4 aromatic rings. The van der Waals surface area contributed by atoms with Crippen molar-refractivity contribution in [2.75, 3.05) is 24.4 Å². The van der Waals surface area contributed by atoms with E-state index in [4.69, 9.17) is 9.47 Å². The number of nitrogens with zero attached hydrogens (tertiary/aromatic N) is 4. The van der Waals surface area contributed by atoms with Gasteiger partial charge in [-0.1, -0.05) is 0 Å². The number of carbonyl (C=O) groups excluding carboxylic acids is 1. The highest BCUT2D eigenvalue weighted by atomic mass is 19.1. The molecular weight excluding hydrogens is 415 g/mol. The standard InChI is InChI=1S/C22H19FN6O3/c1-31-14-4-2-13(3-5-14)21(30)27-18-11-25-22(29-12-26-28-20(18)29)24-10-16-15-8-9-32-19(15)7-6-17(16)23/h2-7,11-12H,8-10H2,1H3,(H,24,25)(H,27,30). The van der Waals surface area contributed by atoms with Crippen LogP contribution in [0.2, 0.25) is 0 Å². The van der Waals surface area contributed by atoms with Crippen molar-refractivity contribution in [2.45, 2.75) is 13.0 Å². The molecule has 0 radical (unpaired) electrons. The Bertz CT molecular complexity index is 1310. The fourth-order valence-electron chi connectivity index (χ4n) is 3.65. The lowest BCUT2D eigenvalue weighted by molar-refractivity contribution is 0.102. The van der Waals surface area contributed by atoms with Crippen LogP contribution in [0.5, 0.6) is 11.5 Å². The van der Waals surface area contributed by atoms with E-state index in [-0.39, 0.29) is 18.3 Å². The SMILES string of the molecule is COc1ccc(C(=O)Nc2cnc(NCc3c(F)ccc4c3CCO4)n3cnnc23)cc1. The molecule has 2 N–H and O–H groups in total. The molecule has 0 saturated heterocycles. The monoisotopic (exact) mass is 434 g/mol. The Morgan fingerprint density at radius 3 is 2.91 bits per heavy atom. The molecule has 32 heavy (non-hydrogen) atoms. The van der Waals surface area contributed by atoms with Crippen molar-refractivity contribution in [1.29, 1.82) is 0 Å². The van der Waals surface area contributed by atoms with Gasteiger partial charge in [-0.25, -0.2) is 13.8 Å². The van der Waals surface area contributed by atoms with Gasteiger partial charge < -0.3 is 20.1 Å². The van der Waals surface area contributed by atoms with Crippen molar-refractivity contribution in [3.05, 3.63) is 71.4 Å². The van der Waals surface area contributed by atoms with Crippen LogP contribution >= 0.6 is 0 Å². The molecule has 0 saturated carbocycles. The molecule has 1 aliphatic heterocycles. The van der Waals surface area contributed by atoms with Gasteiger partial charge in [0.1, 0.15) is 29.3 Å². The Morgan fingerprint density at radius 2 is 2.09 bits per heavy atom. The largest absolute Gasteiger partial charge is 0.497 e. The lowest BCUT2D eigenvalue weighted by atomic mass is 10.0. The lowest BCUT2D eigenvalue weighted by Gasteiger charge is -2.13. The first-order chi connectivity index (χ1) is 15.6. The Hall–Kier alpha value is -4.21. The number of fused-ring (bicyclic) bond motifs is 2. The van der Waals surface area contributed by atoms with Crippen LogP contribution in [-0.2, 0) is 13.0 Å². The fourth-order valence-corrected chi connectivity index (χ4v) is 3.65. The Kier molecular flexibility index (Phi) is 5.02. The van der Waals surface area contributed by atoms with Gasteiger partial charge in [0.15, 0.2) is 5.65 Å². The maximum Gasteiger partial charge on any atom is 0.255 e. The maximum absolute atomic E-state index is 14.4. The van der Waals surface area contributed by atoms with E-state index in [0.29, 0.717) is 52.9 Å². The van der Waals surface area contributed by atoms with Gasteiger partial charge in [-0.05, 0) is 36.4 Å². The van der Waals surface area contributed by atoms with Crippen LogP contribution in [0.25, 0.3) is 5.65 Å². The van der Waals surface area contributed by atoms with Crippen molar-refractivity contribution in [1.82, 2.24) is 19.6 Å². The number of carbonyl (C=O) groups is 1. The van der Waals surface area contributed by atoms with Crippen LogP contribution in [0.1, 0.15) is 21.5 Å². The van der Waals surface area contributed by atoms with Crippen LogP contribution in [0.4, 0.5) is 16.0 Å². The van der Waals surface area contributed by atoms with E-state index in [0.717, 1.165) is 5.56 Å². The zero-order valence-electron chi connectivity index (χ0n) is 17.1. The summed E-state index contributed by atoms with van der Waals surface area (Å²) in [6, 6.07) is 9.79. The minimum absolute atomic E-state index is 0.218. The van der Waals surface area contributed by atoms with Crippen LogP contribution < -0.4 is 20.1 Å². The van der Waals surface area contributed by atoms with Crippen molar-refractivity contribution in [3.63, 3.8) is 0 Å². The van der Waals surface area contributed by atoms with Crippen LogP contribution in [-0.4, -0.2) is 39.2 Å². The van der Waals surface area contributed by atoms with Gasteiger partial charge in [0.25, 0.3) is 5.91 Å². The summed E-state index contributed by atoms with van der Waals surface area (Å²) in [7, 11) is 1.56. The second-order valence-electron chi connectivity index (χ2n) is 7.16. The molecule has 9 nitrogen and oxygen atoms in total. The predicted molar refractivity (Wildman–Crippen MR) is 115 cm³/mol. The number of rotatable bonds is 6. The summed E-state index contributed by atoms with van der Waals surface area (Å²) >= 11 is 0. The molecule has 1 amide bonds. The van der Waals surface area contributed by atoms with E-state index in [1.165, 1.54) is 18.6 Å². The zero-order chi connectivity index (χ0) is 22.1. The van der Waals surface area contributed by atoms with Crippen molar-refractivity contribution < 1.29 is 18.7 Å². The first-order valence-corrected chi connectivity index (χ1v) is 9.95. The molecule has 1 aliphatic rings. The summed E-state index contributed by atoms with van der Waals surface area (Å²) in [5.41, 5.74) is 2.67. The molecule has 0 spiro atoms. The molecule has 0 aliphatic carbocycles. The van der Waals surface area contributed by atoms with Crippen LogP contribution in [0, 0.1) is 5.82 Å². The molecular formula is C22H19FN6O3. The van der Waals surface area contributed by atoms with E-state index >= 15 is 0 Å². The van der Waals surface area contributed by atoms with E-state index in [9.17, 15) is 9.18 Å². The summed E-state index contributed by atoms with van der Waals surface area (Å²) in [4.78, 5) is 17.0. The predicted octanol–water partition coefficient (Wildman–Crippen LogP) is 3.07. The molecule has 0 unspecified atom stereocenters. The fraction of sp³-hybridized carbons (Fsp3) is 0.182. The third-order valence-electron chi connectivity index (χ3n) is 5.30. The van der Waals surface area contributed by atoms with Gasteiger partial charge in [-0.3, -0.25) is 4.79 Å². The van der Waals surface area contributed by atoms with Crippen LogP contribution in [0.3, 0.4) is 0 Å². The number of nitrogens with one attached hydrogen (secondary N) is 2. The first kappa shape index (κ1) is 19.7. The molecule has 2 aromatic heterocycles. The van der Waals surface area contributed by atoms with E-state index in [1.54, 1.807) is 41.8 Å². The number of benzene rings is 2. The van der Waals surface area contributed by atoms with Crippen molar-refractivity contribution in [2.24, 2.45) is 0 Å². The van der Waals surface area contributed by atoms with Gasteiger partial charge in [-0.15, -0.1) is 10.2 Å². The van der Waals surface area contributed by atoms with E-state index < -0.39 is 0 Å². The Balaban J connectivity index is 1.37. The summed E-state index contributed by atoms with van der Waals surface area (Å²) < 4.78 is 26.7. The second kappa shape index (κ2) is 8.14. The van der Waals surface area contributed by atoms with E-state index in [2.05, 4.69) is 25.8 Å². The van der Waals surface area contributed by atoms with Gasteiger partial charge in [0.2, 0.25) is 5.95 Å². The lowest BCUT2D eigenvalue weighted by Crippen LogP contribution is -2.14. The quantitative estimate of drug-likeness (QED) is 0.481. The van der Waals surface area contributed by atoms with E-state index in [1.807, 2.05) is 0 Å². The highest BCUT2D eigenvalue weighted by Crippen LogP contribution is 2.30. The summed E-state index contributed by atoms with van der Waals surface area (Å²) in [5.74, 6) is 1.17. The van der Waals surface area contributed by atoms with Crippen LogP contribution in [0.15, 0.2) is 48.9 Å². The van der Waals surface area contributed by atoms with Gasteiger partial charge in [0, 0.05) is 29.7 Å². The molecule has 2 aromatic carbocycles. The normalized spacial score (nSPS) is 12.3. The van der Waals surface area contributed by atoms with Gasteiger partial charge in [0.05, 0.1) is 19.9 Å². The molecule has 0 bridgehead atoms. The molecule has 0 fully saturated rings.